The number of ether oxygens (including phenoxy) is 2. The van der Waals surface area contributed by atoms with Crippen LogP contribution in [0.5, 0.6) is 0 Å². The lowest BCUT2D eigenvalue weighted by Crippen LogP contribution is -2.62. The molecule has 5 N–H and O–H groups in total. The molecule has 0 amide bonds. The molecule has 0 radical (unpaired) electrons. The van der Waals surface area contributed by atoms with Gasteiger partial charge in [0.1, 0.15) is 47.4 Å². The van der Waals surface area contributed by atoms with Gasteiger partial charge in [0.25, 0.3) is 0 Å². The van der Waals surface area contributed by atoms with Crippen molar-refractivity contribution < 1.29 is 42.9 Å². The zero-order chi connectivity index (χ0) is 26.1. The van der Waals surface area contributed by atoms with Gasteiger partial charge in [-0.05, 0) is 81.0 Å². The van der Waals surface area contributed by atoms with Crippen LogP contribution in [-0.2, 0) is 17.3 Å². The Morgan fingerprint density at radius 2 is 1.69 bits per heavy atom. The predicted molar refractivity (Wildman–Crippen MR) is 135 cm³/mol. The molecule has 4 saturated carbocycles. The van der Waals surface area contributed by atoms with Crippen LogP contribution >= 0.6 is 23.0 Å². The van der Waals surface area contributed by atoms with Crippen molar-refractivity contribution in [3.8, 4) is 0 Å². The maximum Gasteiger partial charge on any atom is 0.314 e. The van der Waals surface area contributed by atoms with Gasteiger partial charge in [-0.15, -0.1) is 0 Å². The number of rotatable bonds is 5. The topological polar surface area (TPSA) is 146 Å². The lowest BCUT2D eigenvalue weighted by atomic mass is 9.41. The Hall–Kier alpha value is -0.0800. The van der Waals surface area contributed by atoms with Gasteiger partial charge >= 0.3 is 5.97 Å². The number of aliphatic hydroxyl groups excluding tert-OH is 5. The highest BCUT2D eigenvalue weighted by Crippen LogP contribution is 2.73. The van der Waals surface area contributed by atoms with Crippen LogP contribution in [0.15, 0.2) is 0 Å². The Kier molecular flexibility index (Phi) is 7.28. The van der Waals surface area contributed by atoms with Crippen LogP contribution in [0, 0.1) is 34.0 Å². The van der Waals surface area contributed by atoms with Crippen LogP contribution in [-0.4, -0.2) is 81.0 Å². The second-order valence-electron chi connectivity index (χ2n) is 12.8. The summed E-state index contributed by atoms with van der Waals surface area (Å²) in [7, 11) is 0. The number of carbonyl (C=O) groups is 1. The van der Waals surface area contributed by atoms with Gasteiger partial charge in [0.15, 0.2) is 0 Å². The van der Waals surface area contributed by atoms with E-state index in [-0.39, 0.29) is 34.9 Å². The molecule has 1 saturated heterocycles. The molecule has 5 fully saturated rings. The van der Waals surface area contributed by atoms with Gasteiger partial charge in [0.05, 0.1) is 17.6 Å². The number of fused-ring (bicyclic) bond motifs is 3. The molecule has 36 heavy (non-hydrogen) atoms. The minimum Gasteiger partial charge on any atom is -0.432 e. The van der Waals surface area contributed by atoms with Crippen LogP contribution in [0.1, 0.15) is 71.6 Å². The standard InChI is InChI=1S/C26H41IO9/c1-23-6-3-7-24(2,22(33)35-21-20(32)19(31)18(30)15(12-29)34-21)16(23)4-8-25-10-14(11-28)26(13-25,36-27)9-5-17(23)25/h14-21,28-32H,3-13H2,1-2H3/t14?,15?,16-,17-,18?,19?,20?,21?,23+,24+,25+,26-/m0/s1. The van der Waals surface area contributed by atoms with Gasteiger partial charge in [-0.2, -0.15) is 0 Å². The molecule has 2 bridgehead atoms. The summed E-state index contributed by atoms with van der Waals surface area (Å²) in [5, 5.41) is 50.3. The molecule has 10 heteroatoms. The van der Waals surface area contributed by atoms with E-state index in [2.05, 4.69) is 6.92 Å². The molecular weight excluding hydrogens is 583 g/mol. The number of esters is 1. The third-order valence-corrected chi connectivity index (χ3v) is 12.1. The van der Waals surface area contributed by atoms with Crippen LogP contribution in [0.2, 0.25) is 0 Å². The molecule has 0 aromatic rings. The summed E-state index contributed by atoms with van der Waals surface area (Å²) in [5.41, 5.74) is -0.991. The molecule has 9 nitrogen and oxygen atoms in total. The zero-order valence-corrected chi connectivity index (χ0v) is 23.3. The van der Waals surface area contributed by atoms with E-state index in [0.29, 0.717) is 12.3 Å². The Morgan fingerprint density at radius 1 is 0.972 bits per heavy atom. The normalized spacial score (nSPS) is 54.4. The quantitative estimate of drug-likeness (QED) is 0.229. The van der Waals surface area contributed by atoms with Gasteiger partial charge in [0.2, 0.25) is 6.29 Å². The number of halogens is 1. The van der Waals surface area contributed by atoms with Crippen molar-refractivity contribution in [2.24, 2.45) is 34.0 Å². The molecule has 5 aliphatic rings. The van der Waals surface area contributed by atoms with E-state index in [4.69, 9.17) is 12.5 Å². The largest absolute Gasteiger partial charge is 0.432 e. The lowest BCUT2D eigenvalue weighted by Gasteiger charge is -2.64. The monoisotopic (exact) mass is 624 g/mol. The van der Waals surface area contributed by atoms with E-state index in [1.807, 2.05) is 29.9 Å². The SMILES string of the molecule is C[C@@]12CCC[C@@](C)(C(=O)OC3OC(CO)C(O)C(O)C3O)[C@H]1CC[C@]13CC(CO)[C@](OI)(CC[C@H]12)C3. The Labute approximate surface area is 226 Å². The summed E-state index contributed by atoms with van der Waals surface area (Å²) < 4.78 is 17.2. The molecule has 1 heterocycles. The molecule has 1 aliphatic heterocycles. The highest BCUT2D eigenvalue weighted by molar-refractivity contribution is 14.1. The van der Waals surface area contributed by atoms with E-state index in [1.165, 1.54) is 0 Å². The van der Waals surface area contributed by atoms with E-state index in [9.17, 15) is 30.3 Å². The average molecular weight is 625 g/mol. The van der Waals surface area contributed by atoms with Gasteiger partial charge in [0, 0.05) is 12.5 Å². The van der Waals surface area contributed by atoms with Crippen LogP contribution < -0.4 is 0 Å². The molecule has 1 spiro atoms. The maximum absolute atomic E-state index is 13.8. The summed E-state index contributed by atoms with van der Waals surface area (Å²) in [5.74, 6) is 0.206. The number of hydrogen-bond donors (Lipinski definition) is 5. The lowest BCUT2D eigenvalue weighted by molar-refractivity contribution is -0.298. The van der Waals surface area contributed by atoms with Crippen LogP contribution in [0.4, 0.5) is 0 Å². The molecule has 0 aromatic carbocycles. The predicted octanol–water partition coefficient (Wildman–Crippen LogP) is 1.84. The first-order valence-corrected chi connectivity index (χ1v) is 14.3. The summed E-state index contributed by atoms with van der Waals surface area (Å²) in [6, 6.07) is 0. The average Bonchev–Trinajstić information content (AvgIpc) is 3.10. The van der Waals surface area contributed by atoms with E-state index in [0.717, 1.165) is 51.4 Å². The molecule has 5 rings (SSSR count). The molecule has 12 atom stereocenters. The fourth-order valence-corrected chi connectivity index (χ4v) is 10.3. The first-order valence-electron chi connectivity index (χ1n) is 13.4. The number of carbonyl (C=O) groups excluding carboxylic acids is 1. The smallest absolute Gasteiger partial charge is 0.314 e. The fraction of sp³-hybridized carbons (Fsp3) is 0.962. The highest BCUT2D eigenvalue weighted by Gasteiger charge is 2.69. The van der Waals surface area contributed by atoms with Crippen molar-refractivity contribution in [2.45, 2.75) is 108 Å². The Balaban J connectivity index is 1.38. The molecule has 206 valence electrons. The van der Waals surface area contributed by atoms with E-state index >= 15 is 0 Å². The highest BCUT2D eigenvalue weighted by atomic mass is 127. The molecule has 6 unspecified atom stereocenters. The molecular formula is C26H41IO9. The second kappa shape index (κ2) is 9.53. The summed E-state index contributed by atoms with van der Waals surface area (Å²) in [4.78, 5) is 13.8. The van der Waals surface area contributed by atoms with Gasteiger partial charge in [-0.3, -0.25) is 4.79 Å². The van der Waals surface area contributed by atoms with Crippen molar-refractivity contribution in [1.82, 2.24) is 0 Å². The third kappa shape index (κ3) is 3.83. The molecule has 4 aliphatic carbocycles. The second-order valence-corrected chi connectivity index (χ2v) is 13.3. The third-order valence-electron chi connectivity index (χ3n) is 11.3. The van der Waals surface area contributed by atoms with Gasteiger partial charge < -0.3 is 38.1 Å². The summed E-state index contributed by atoms with van der Waals surface area (Å²) in [6.07, 6.45) is 1.06. The summed E-state index contributed by atoms with van der Waals surface area (Å²) in [6.45, 7) is 3.87. The van der Waals surface area contributed by atoms with Crippen molar-refractivity contribution in [3.63, 3.8) is 0 Å². The zero-order valence-electron chi connectivity index (χ0n) is 21.1. The van der Waals surface area contributed by atoms with E-state index < -0.39 is 48.7 Å². The maximum atomic E-state index is 13.8. The van der Waals surface area contributed by atoms with Crippen molar-refractivity contribution >= 4 is 29.0 Å². The van der Waals surface area contributed by atoms with Crippen molar-refractivity contribution in [3.05, 3.63) is 0 Å². The van der Waals surface area contributed by atoms with Crippen molar-refractivity contribution in [1.29, 1.82) is 0 Å². The number of aliphatic hydroxyl groups is 5. The van der Waals surface area contributed by atoms with Gasteiger partial charge in [-0.25, -0.2) is 0 Å². The Bertz CT molecular complexity index is 857. The Morgan fingerprint density at radius 3 is 2.36 bits per heavy atom. The first kappa shape index (κ1) is 27.5. The van der Waals surface area contributed by atoms with E-state index in [1.54, 1.807) is 0 Å². The minimum absolute atomic E-state index is 0.0680. The fourth-order valence-electron chi connectivity index (χ4n) is 9.55. The van der Waals surface area contributed by atoms with Crippen molar-refractivity contribution in [2.75, 3.05) is 13.2 Å². The summed E-state index contributed by atoms with van der Waals surface area (Å²) >= 11 is 2.02. The van der Waals surface area contributed by atoms with Crippen LogP contribution in [0.3, 0.4) is 0 Å². The van der Waals surface area contributed by atoms with Gasteiger partial charge in [-0.1, -0.05) is 13.3 Å². The van der Waals surface area contributed by atoms with Crippen LogP contribution in [0.25, 0.3) is 0 Å². The molecule has 0 aromatic heterocycles. The first-order chi connectivity index (χ1) is 17.0. The minimum atomic E-state index is -1.60. The number of hydrogen-bond acceptors (Lipinski definition) is 9.